The van der Waals surface area contributed by atoms with Gasteiger partial charge in [0.2, 0.25) is 5.91 Å². The van der Waals surface area contributed by atoms with Crippen molar-refractivity contribution in [1.82, 2.24) is 4.98 Å². The number of aromatic nitrogens is 1. The number of rotatable bonds is 4. The van der Waals surface area contributed by atoms with E-state index in [4.69, 9.17) is 10.5 Å². The summed E-state index contributed by atoms with van der Waals surface area (Å²) < 4.78 is 4.78. The first-order valence-electron chi connectivity index (χ1n) is 5.30. The Balaban J connectivity index is 2.28. The number of benzene rings is 1. The molecule has 2 aromatic rings. The van der Waals surface area contributed by atoms with Crippen LogP contribution in [0.2, 0.25) is 0 Å². The number of amides is 1. The number of ether oxygens (including phenoxy) is 1. The Labute approximate surface area is 109 Å². The van der Waals surface area contributed by atoms with Gasteiger partial charge in [-0.05, 0) is 6.07 Å². The molecule has 5 nitrogen and oxygen atoms in total. The van der Waals surface area contributed by atoms with Crippen molar-refractivity contribution in [3.63, 3.8) is 0 Å². The van der Waals surface area contributed by atoms with Crippen molar-refractivity contribution >= 4 is 28.1 Å². The number of hydrogen-bond acceptors (Lipinski definition) is 5. The second-order valence-electron chi connectivity index (χ2n) is 3.60. The van der Waals surface area contributed by atoms with Crippen LogP contribution in [0, 0.1) is 0 Å². The van der Waals surface area contributed by atoms with Gasteiger partial charge in [0.05, 0.1) is 11.4 Å². The zero-order chi connectivity index (χ0) is 13.0. The van der Waals surface area contributed by atoms with Crippen molar-refractivity contribution in [2.75, 3.05) is 24.8 Å². The lowest BCUT2D eigenvalue weighted by atomic mass is 10.1. The first-order valence-corrected chi connectivity index (χ1v) is 6.18. The van der Waals surface area contributed by atoms with Crippen molar-refractivity contribution in [2.24, 2.45) is 0 Å². The minimum atomic E-state index is -0.201. The van der Waals surface area contributed by atoms with E-state index in [2.05, 4.69) is 10.3 Å². The first kappa shape index (κ1) is 12.5. The fourth-order valence-corrected chi connectivity index (χ4v) is 2.11. The number of methoxy groups -OCH3 is 1. The Morgan fingerprint density at radius 2 is 2.28 bits per heavy atom. The number of anilines is 2. The summed E-state index contributed by atoms with van der Waals surface area (Å²) in [4.78, 5) is 15.7. The molecule has 1 amide bonds. The lowest BCUT2D eigenvalue weighted by molar-refractivity contribution is -0.119. The van der Waals surface area contributed by atoms with Crippen molar-refractivity contribution in [2.45, 2.75) is 0 Å². The molecule has 0 unspecified atom stereocenters. The van der Waals surface area contributed by atoms with E-state index < -0.39 is 0 Å². The predicted molar refractivity (Wildman–Crippen MR) is 72.5 cm³/mol. The summed E-state index contributed by atoms with van der Waals surface area (Å²) in [7, 11) is 1.48. The summed E-state index contributed by atoms with van der Waals surface area (Å²) in [6.45, 7) is 0.0214. The van der Waals surface area contributed by atoms with E-state index in [-0.39, 0.29) is 12.5 Å². The Morgan fingerprint density at radius 1 is 1.50 bits per heavy atom. The molecule has 0 saturated heterocycles. The molecule has 0 aliphatic heterocycles. The Kier molecular flexibility index (Phi) is 3.91. The van der Waals surface area contributed by atoms with Gasteiger partial charge >= 0.3 is 0 Å². The zero-order valence-corrected chi connectivity index (χ0v) is 10.7. The van der Waals surface area contributed by atoms with Gasteiger partial charge in [-0.2, -0.15) is 0 Å². The van der Waals surface area contributed by atoms with Gasteiger partial charge < -0.3 is 15.8 Å². The molecule has 1 heterocycles. The van der Waals surface area contributed by atoms with E-state index >= 15 is 0 Å². The molecule has 18 heavy (non-hydrogen) atoms. The quantitative estimate of drug-likeness (QED) is 0.884. The lowest BCUT2D eigenvalue weighted by Crippen LogP contribution is -2.17. The highest BCUT2D eigenvalue weighted by Gasteiger charge is 2.10. The molecule has 94 valence electrons. The summed E-state index contributed by atoms with van der Waals surface area (Å²) in [6, 6.07) is 7.44. The van der Waals surface area contributed by atoms with Gasteiger partial charge in [-0.15, -0.1) is 11.3 Å². The molecule has 0 spiro atoms. The number of nitrogens with zero attached hydrogens (tertiary/aromatic N) is 1. The third-order valence-electron chi connectivity index (χ3n) is 2.27. The third-order valence-corrected chi connectivity index (χ3v) is 2.95. The second kappa shape index (κ2) is 5.61. The van der Waals surface area contributed by atoms with Crippen LogP contribution in [-0.4, -0.2) is 24.6 Å². The van der Waals surface area contributed by atoms with Crippen LogP contribution < -0.4 is 11.1 Å². The maximum absolute atomic E-state index is 11.5. The largest absolute Gasteiger partial charge is 0.375 e. The molecule has 0 radical (unpaired) electrons. The third kappa shape index (κ3) is 2.85. The second-order valence-corrected chi connectivity index (χ2v) is 4.49. The number of nitrogens with one attached hydrogen (secondary N) is 1. The van der Waals surface area contributed by atoms with Crippen molar-refractivity contribution < 1.29 is 9.53 Å². The van der Waals surface area contributed by atoms with E-state index in [1.165, 1.54) is 18.4 Å². The minimum Gasteiger partial charge on any atom is -0.375 e. The van der Waals surface area contributed by atoms with E-state index in [9.17, 15) is 4.79 Å². The average molecular weight is 263 g/mol. The fraction of sp³-hybridized carbons (Fsp3) is 0.167. The lowest BCUT2D eigenvalue weighted by Gasteiger charge is -2.08. The zero-order valence-electron chi connectivity index (χ0n) is 9.84. The highest BCUT2D eigenvalue weighted by molar-refractivity contribution is 7.13. The molecule has 0 aliphatic rings. The molecular formula is C12H13N3O2S. The molecule has 1 aromatic carbocycles. The van der Waals surface area contributed by atoms with Crippen LogP contribution in [0.4, 0.5) is 10.8 Å². The smallest absolute Gasteiger partial charge is 0.250 e. The number of carbonyl (C=O) groups is 1. The number of para-hydroxylation sites is 1. The molecule has 6 heteroatoms. The monoisotopic (exact) mass is 263 g/mol. The molecule has 1 aromatic heterocycles. The van der Waals surface area contributed by atoms with Crippen LogP contribution in [0.15, 0.2) is 29.6 Å². The SMILES string of the molecule is COCC(=O)Nc1ccccc1-c1csc(N)n1. The van der Waals surface area contributed by atoms with Crippen LogP contribution in [0.3, 0.4) is 0 Å². The van der Waals surface area contributed by atoms with Gasteiger partial charge in [-0.1, -0.05) is 18.2 Å². The van der Waals surface area contributed by atoms with Crippen LogP contribution in [0.5, 0.6) is 0 Å². The molecule has 0 atom stereocenters. The van der Waals surface area contributed by atoms with Crippen LogP contribution in [0.1, 0.15) is 0 Å². The van der Waals surface area contributed by atoms with Crippen LogP contribution >= 0.6 is 11.3 Å². The summed E-state index contributed by atoms with van der Waals surface area (Å²) in [5, 5.41) is 5.14. The first-order chi connectivity index (χ1) is 8.70. The highest BCUT2D eigenvalue weighted by atomic mass is 32.1. The molecule has 3 N–H and O–H groups in total. The standard InChI is InChI=1S/C12H13N3O2S/c1-17-6-11(16)14-9-5-3-2-4-8(9)10-7-18-12(13)15-10/h2-5,7H,6H2,1H3,(H2,13,15)(H,14,16). The van der Waals surface area contributed by atoms with Gasteiger partial charge in [-0.3, -0.25) is 4.79 Å². The number of thiazole rings is 1. The number of hydrogen-bond donors (Lipinski definition) is 2. The molecule has 2 rings (SSSR count). The van der Waals surface area contributed by atoms with Crippen molar-refractivity contribution in [1.29, 1.82) is 0 Å². The Hall–Kier alpha value is -1.92. The molecule has 0 bridgehead atoms. The van der Waals surface area contributed by atoms with Crippen LogP contribution in [-0.2, 0) is 9.53 Å². The topological polar surface area (TPSA) is 77.2 Å². The predicted octanol–water partition coefficient (Wildman–Crippen LogP) is 1.98. The number of carbonyl (C=O) groups excluding carboxylic acids is 1. The van der Waals surface area contributed by atoms with Gasteiger partial charge in [0.25, 0.3) is 0 Å². The van der Waals surface area contributed by atoms with E-state index in [1.807, 2.05) is 29.6 Å². The van der Waals surface area contributed by atoms with Gasteiger partial charge in [0.1, 0.15) is 6.61 Å². The van der Waals surface area contributed by atoms with Crippen LogP contribution in [0.25, 0.3) is 11.3 Å². The maximum Gasteiger partial charge on any atom is 0.250 e. The summed E-state index contributed by atoms with van der Waals surface area (Å²) >= 11 is 1.37. The molecular weight excluding hydrogens is 250 g/mol. The van der Waals surface area contributed by atoms with E-state index in [0.717, 1.165) is 11.3 Å². The fourth-order valence-electron chi connectivity index (χ4n) is 1.54. The summed E-state index contributed by atoms with van der Waals surface area (Å²) in [5.74, 6) is -0.201. The maximum atomic E-state index is 11.5. The Morgan fingerprint density at radius 3 is 2.94 bits per heavy atom. The Bertz CT molecular complexity index is 554. The minimum absolute atomic E-state index is 0.0214. The van der Waals surface area contributed by atoms with Crippen molar-refractivity contribution in [3.05, 3.63) is 29.6 Å². The molecule has 0 fully saturated rings. The van der Waals surface area contributed by atoms with Gasteiger partial charge in [-0.25, -0.2) is 4.98 Å². The van der Waals surface area contributed by atoms with Gasteiger partial charge in [0.15, 0.2) is 5.13 Å². The molecule has 0 saturated carbocycles. The number of nitrogens with two attached hydrogens (primary N) is 1. The van der Waals surface area contributed by atoms with Gasteiger partial charge in [0, 0.05) is 18.1 Å². The average Bonchev–Trinajstić information content (AvgIpc) is 2.77. The number of nitrogen functional groups attached to an aromatic ring is 1. The summed E-state index contributed by atoms with van der Waals surface area (Å²) in [6.07, 6.45) is 0. The highest BCUT2D eigenvalue weighted by Crippen LogP contribution is 2.29. The molecule has 0 aliphatic carbocycles. The normalized spacial score (nSPS) is 10.3. The van der Waals surface area contributed by atoms with Crippen molar-refractivity contribution in [3.8, 4) is 11.3 Å². The summed E-state index contributed by atoms with van der Waals surface area (Å²) in [5.41, 5.74) is 7.91. The van der Waals surface area contributed by atoms with E-state index in [0.29, 0.717) is 10.8 Å². The van der Waals surface area contributed by atoms with E-state index in [1.54, 1.807) is 0 Å².